The fraction of sp³-hybridized carbons (Fsp3) is 0.125. The summed E-state index contributed by atoms with van der Waals surface area (Å²) in [6.45, 7) is 1.54. The number of benzene rings is 1. The van der Waals surface area contributed by atoms with Crippen LogP contribution in [-0.4, -0.2) is 11.5 Å². The molecule has 1 aromatic rings. The molecule has 1 aliphatic rings. The number of carbonyl (C=O) groups excluding carboxylic acids is 1. The van der Waals surface area contributed by atoms with Crippen molar-refractivity contribution in [1.29, 1.82) is 5.41 Å². The standard InChI is InChI=1S/C16H15NO/c1-12(18)14-9-10-16(17)15(11-14)8-7-13-5-3-2-4-6-13/h2-11,15,17H,1H3. The Morgan fingerprint density at radius 1 is 1.22 bits per heavy atom. The maximum absolute atomic E-state index is 11.3. The zero-order valence-electron chi connectivity index (χ0n) is 10.3. The van der Waals surface area contributed by atoms with Gasteiger partial charge in [0.1, 0.15) is 0 Å². The van der Waals surface area contributed by atoms with Crippen LogP contribution in [0.2, 0.25) is 0 Å². The lowest BCUT2D eigenvalue weighted by molar-refractivity contribution is -0.113. The minimum absolute atomic E-state index is 0.0388. The molecule has 18 heavy (non-hydrogen) atoms. The Kier molecular flexibility index (Phi) is 3.68. The van der Waals surface area contributed by atoms with Crippen molar-refractivity contribution in [2.24, 2.45) is 5.92 Å². The van der Waals surface area contributed by atoms with Crippen molar-refractivity contribution < 1.29 is 4.79 Å². The molecule has 0 saturated carbocycles. The molecule has 2 nitrogen and oxygen atoms in total. The molecule has 0 bridgehead atoms. The second kappa shape index (κ2) is 5.41. The van der Waals surface area contributed by atoms with Gasteiger partial charge in [0, 0.05) is 17.2 Å². The van der Waals surface area contributed by atoms with Crippen molar-refractivity contribution in [3.8, 4) is 0 Å². The Morgan fingerprint density at radius 3 is 2.61 bits per heavy atom. The Morgan fingerprint density at radius 2 is 1.94 bits per heavy atom. The van der Waals surface area contributed by atoms with E-state index in [-0.39, 0.29) is 11.7 Å². The topological polar surface area (TPSA) is 40.9 Å². The van der Waals surface area contributed by atoms with E-state index in [1.165, 1.54) is 0 Å². The zero-order valence-corrected chi connectivity index (χ0v) is 10.3. The van der Waals surface area contributed by atoms with Gasteiger partial charge in [0.25, 0.3) is 0 Å². The highest BCUT2D eigenvalue weighted by atomic mass is 16.1. The number of carbonyl (C=O) groups is 1. The van der Waals surface area contributed by atoms with Gasteiger partial charge in [0.2, 0.25) is 0 Å². The molecule has 90 valence electrons. The monoisotopic (exact) mass is 237 g/mol. The number of allylic oxidation sites excluding steroid dienone is 5. The van der Waals surface area contributed by atoms with Gasteiger partial charge in [-0.25, -0.2) is 0 Å². The first-order chi connectivity index (χ1) is 8.66. The smallest absolute Gasteiger partial charge is 0.159 e. The number of hydrogen-bond donors (Lipinski definition) is 1. The second-order valence-electron chi connectivity index (χ2n) is 4.26. The molecule has 0 aromatic heterocycles. The van der Waals surface area contributed by atoms with E-state index in [1.54, 1.807) is 19.1 Å². The van der Waals surface area contributed by atoms with Crippen LogP contribution in [0.5, 0.6) is 0 Å². The molecule has 2 heteroatoms. The van der Waals surface area contributed by atoms with Crippen molar-refractivity contribution in [2.45, 2.75) is 6.92 Å². The normalized spacial score (nSPS) is 19.1. The number of ketones is 1. The lowest BCUT2D eigenvalue weighted by Gasteiger charge is -2.12. The Balaban J connectivity index is 2.18. The Hall–Kier alpha value is -2.22. The summed E-state index contributed by atoms with van der Waals surface area (Å²) in [6.07, 6.45) is 9.16. The van der Waals surface area contributed by atoms with E-state index >= 15 is 0 Å². The molecule has 0 saturated heterocycles. The fourth-order valence-corrected chi connectivity index (χ4v) is 1.80. The lowest BCUT2D eigenvalue weighted by atomic mass is 9.92. The highest BCUT2D eigenvalue weighted by molar-refractivity contribution is 6.05. The van der Waals surface area contributed by atoms with Crippen LogP contribution in [-0.2, 0) is 4.79 Å². The molecular weight excluding hydrogens is 222 g/mol. The molecule has 2 rings (SSSR count). The van der Waals surface area contributed by atoms with Crippen LogP contribution in [0, 0.1) is 11.3 Å². The highest BCUT2D eigenvalue weighted by Gasteiger charge is 2.13. The molecule has 0 amide bonds. The SMILES string of the molecule is CC(=O)C1=CC(C=Cc2ccccc2)C(=N)C=C1. The van der Waals surface area contributed by atoms with Gasteiger partial charge in [-0.05, 0) is 24.6 Å². The Bertz CT molecular complexity index is 550. The van der Waals surface area contributed by atoms with Gasteiger partial charge in [-0.3, -0.25) is 4.79 Å². The molecule has 0 radical (unpaired) electrons. The highest BCUT2D eigenvalue weighted by Crippen LogP contribution is 2.17. The minimum atomic E-state index is -0.117. The van der Waals surface area contributed by atoms with Crippen LogP contribution in [0.3, 0.4) is 0 Å². The summed E-state index contributed by atoms with van der Waals surface area (Å²) in [4.78, 5) is 11.3. The van der Waals surface area contributed by atoms with Gasteiger partial charge in [0.05, 0.1) is 0 Å². The van der Waals surface area contributed by atoms with Gasteiger partial charge in [-0.1, -0.05) is 48.6 Å². The number of nitrogens with one attached hydrogen (secondary N) is 1. The zero-order chi connectivity index (χ0) is 13.0. The van der Waals surface area contributed by atoms with Crippen LogP contribution in [0.1, 0.15) is 12.5 Å². The summed E-state index contributed by atoms with van der Waals surface area (Å²) >= 11 is 0. The van der Waals surface area contributed by atoms with Crippen LogP contribution in [0.4, 0.5) is 0 Å². The largest absolute Gasteiger partial charge is 0.304 e. The molecule has 0 heterocycles. The third-order valence-electron chi connectivity index (χ3n) is 2.86. The molecule has 1 N–H and O–H groups in total. The Labute approximate surface area is 107 Å². The third kappa shape index (κ3) is 2.92. The average molecular weight is 237 g/mol. The lowest BCUT2D eigenvalue weighted by Crippen LogP contribution is -2.12. The average Bonchev–Trinajstić information content (AvgIpc) is 2.38. The van der Waals surface area contributed by atoms with Gasteiger partial charge in [-0.15, -0.1) is 0 Å². The van der Waals surface area contributed by atoms with Gasteiger partial charge >= 0.3 is 0 Å². The molecule has 0 spiro atoms. The van der Waals surface area contributed by atoms with E-state index in [0.717, 1.165) is 5.56 Å². The fourth-order valence-electron chi connectivity index (χ4n) is 1.80. The molecule has 1 unspecified atom stereocenters. The van der Waals surface area contributed by atoms with E-state index in [0.29, 0.717) is 11.3 Å². The summed E-state index contributed by atoms with van der Waals surface area (Å²) < 4.78 is 0. The molecule has 1 aliphatic carbocycles. The first kappa shape index (κ1) is 12.2. The summed E-state index contributed by atoms with van der Waals surface area (Å²) in [6, 6.07) is 9.93. The van der Waals surface area contributed by atoms with E-state index in [2.05, 4.69) is 0 Å². The predicted molar refractivity (Wildman–Crippen MR) is 74.6 cm³/mol. The molecule has 0 aliphatic heterocycles. The predicted octanol–water partition coefficient (Wildman–Crippen LogP) is 3.42. The summed E-state index contributed by atoms with van der Waals surface area (Å²) in [5.41, 5.74) is 2.28. The second-order valence-corrected chi connectivity index (χ2v) is 4.26. The van der Waals surface area contributed by atoms with Crippen LogP contribution >= 0.6 is 0 Å². The maximum atomic E-state index is 11.3. The van der Waals surface area contributed by atoms with Crippen molar-refractivity contribution in [1.82, 2.24) is 0 Å². The van der Waals surface area contributed by atoms with Crippen molar-refractivity contribution in [3.63, 3.8) is 0 Å². The quantitative estimate of drug-likeness (QED) is 0.859. The van der Waals surface area contributed by atoms with Crippen LogP contribution in [0.15, 0.2) is 60.2 Å². The van der Waals surface area contributed by atoms with E-state index in [1.807, 2.05) is 48.6 Å². The van der Waals surface area contributed by atoms with E-state index in [9.17, 15) is 4.79 Å². The summed E-state index contributed by atoms with van der Waals surface area (Å²) in [5, 5.41) is 7.85. The minimum Gasteiger partial charge on any atom is -0.304 e. The van der Waals surface area contributed by atoms with Crippen molar-refractivity contribution >= 4 is 17.6 Å². The number of rotatable bonds is 3. The van der Waals surface area contributed by atoms with Crippen LogP contribution < -0.4 is 0 Å². The van der Waals surface area contributed by atoms with Crippen LogP contribution in [0.25, 0.3) is 6.08 Å². The summed E-state index contributed by atoms with van der Waals surface area (Å²) in [7, 11) is 0. The molecule has 1 atom stereocenters. The van der Waals surface area contributed by atoms with E-state index < -0.39 is 0 Å². The number of hydrogen-bond acceptors (Lipinski definition) is 2. The van der Waals surface area contributed by atoms with Gasteiger partial charge < -0.3 is 5.41 Å². The maximum Gasteiger partial charge on any atom is 0.159 e. The third-order valence-corrected chi connectivity index (χ3v) is 2.86. The summed E-state index contributed by atoms with van der Waals surface area (Å²) in [5.74, 6) is -0.0778. The first-order valence-corrected chi connectivity index (χ1v) is 5.89. The molecular formula is C16H15NO. The van der Waals surface area contributed by atoms with Gasteiger partial charge in [0.15, 0.2) is 5.78 Å². The van der Waals surface area contributed by atoms with Crippen molar-refractivity contribution in [3.05, 3.63) is 65.8 Å². The first-order valence-electron chi connectivity index (χ1n) is 5.89. The number of Topliss-reactive ketones (excluding diaryl/α,β-unsaturated/α-hetero) is 1. The van der Waals surface area contributed by atoms with Crippen molar-refractivity contribution in [2.75, 3.05) is 0 Å². The molecule has 0 fully saturated rings. The molecule has 1 aromatic carbocycles. The van der Waals surface area contributed by atoms with E-state index in [4.69, 9.17) is 5.41 Å². The van der Waals surface area contributed by atoms with Gasteiger partial charge in [-0.2, -0.15) is 0 Å².